The van der Waals surface area contributed by atoms with E-state index in [0.29, 0.717) is 47.6 Å². The highest BCUT2D eigenvalue weighted by Gasteiger charge is 2.65. The maximum Gasteiger partial charge on any atom is 0.403 e. The van der Waals surface area contributed by atoms with Crippen LogP contribution in [0.3, 0.4) is 0 Å². The molecule has 38 heavy (non-hydrogen) atoms. The predicted molar refractivity (Wildman–Crippen MR) is 122 cm³/mol. The lowest BCUT2D eigenvalue weighted by Gasteiger charge is -2.45. The van der Waals surface area contributed by atoms with Crippen LogP contribution in [0.1, 0.15) is 46.4 Å². The van der Waals surface area contributed by atoms with Crippen LogP contribution in [0.2, 0.25) is 0 Å². The topological polar surface area (TPSA) is 137 Å². The number of aromatic nitrogens is 3. The van der Waals surface area contributed by atoms with E-state index in [9.17, 15) is 27.6 Å². The number of β-lactam (4-membered cyclic amide) rings is 1. The van der Waals surface area contributed by atoms with Gasteiger partial charge in [0, 0.05) is 19.6 Å². The molecule has 2 unspecified atom stereocenters. The monoisotopic (exact) mass is 532 g/mol. The molecule has 2 atom stereocenters. The number of carbonyl (C=O) groups is 3. The molecule has 2 aliphatic heterocycles. The third-order valence-electron chi connectivity index (χ3n) is 6.44. The van der Waals surface area contributed by atoms with Crippen LogP contribution in [0.15, 0.2) is 47.1 Å². The summed E-state index contributed by atoms with van der Waals surface area (Å²) in [5.74, 6) is -5.50. The maximum absolute atomic E-state index is 13.9. The van der Waals surface area contributed by atoms with Crippen molar-refractivity contribution in [1.29, 1.82) is 0 Å². The molecule has 2 saturated heterocycles. The highest BCUT2D eigenvalue weighted by atomic mass is 19.4. The fourth-order valence-corrected chi connectivity index (χ4v) is 4.43. The SMILES string of the molecule is NCc1ccc(COc2nc(C3C(C(F)(F)F)C(=O)N3C(=O)N3CCCC3)nn2C(=O)c2ccco2)cc1. The number of amides is 3. The molecule has 0 bridgehead atoms. The third-order valence-corrected chi connectivity index (χ3v) is 6.44. The van der Waals surface area contributed by atoms with Crippen molar-refractivity contribution in [1.82, 2.24) is 24.6 Å². The number of alkyl halides is 3. The molecule has 200 valence electrons. The molecule has 4 heterocycles. The first kappa shape index (κ1) is 25.4. The van der Waals surface area contributed by atoms with Crippen LogP contribution >= 0.6 is 0 Å². The van der Waals surface area contributed by atoms with Gasteiger partial charge in [0.25, 0.3) is 0 Å². The lowest BCUT2D eigenvalue weighted by molar-refractivity contribution is -0.223. The van der Waals surface area contributed by atoms with E-state index in [1.54, 1.807) is 24.3 Å². The zero-order valence-electron chi connectivity index (χ0n) is 19.9. The predicted octanol–water partition coefficient (Wildman–Crippen LogP) is 2.87. The second-order valence-corrected chi connectivity index (χ2v) is 8.91. The average molecular weight is 532 g/mol. The molecule has 3 aromatic rings. The number of urea groups is 1. The van der Waals surface area contributed by atoms with Crippen molar-refractivity contribution in [2.75, 3.05) is 13.1 Å². The summed E-state index contributed by atoms with van der Waals surface area (Å²) >= 11 is 0. The number of imide groups is 1. The Hall–Kier alpha value is -4.20. The molecule has 2 fully saturated rings. The number of benzene rings is 1. The molecular formula is C24H23F3N6O5. The first-order chi connectivity index (χ1) is 18.2. The Labute approximate surface area is 213 Å². The van der Waals surface area contributed by atoms with E-state index in [4.69, 9.17) is 14.9 Å². The molecule has 1 aromatic carbocycles. The molecule has 5 rings (SSSR count). The van der Waals surface area contributed by atoms with E-state index in [2.05, 4.69) is 10.1 Å². The Morgan fingerprint density at radius 1 is 1.11 bits per heavy atom. The van der Waals surface area contributed by atoms with Gasteiger partial charge >= 0.3 is 24.1 Å². The van der Waals surface area contributed by atoms with Crippen molar-refractivity contribution in [3.63, 3.8) is 0 Å². The Morgan fingerprint density at radius 2 is 1.79 bits per heavy atom. The van der Waals surface area contributed by atoms with Crippen molar-refractivity contribution in [2.24, 2.45) is 11.7 Å². The molecule has 0 saturated carbocycles. The first-order valence-electron chi connectivity index (χ1n) is 11.8. The number of halogens is 3. The maximum atomic E-state index is 13.9. The Kier molecular flexibility index (Phi) is 6.65. The lowest BCUT2D eigenvalue weighted by atomic mass is 9.86. The molecule has 0 spiro atoms. The summed E-state index contributed by atoms with van der Waals surface area (Å²) in [6.45, 7) is 0.880. The Bertz CT molecular complexity index is 1330. The van der Waals surface area contributed by atoms with Gasteiger partial charge in [-0.1, -0.05) is 24.3 Å². The summed E-state index contributed by atoms with van der Waals surface area (Å²) in [7, 11) is 0. The van der Waals surface area contributed by atoms with Crippen molar-refractivity contribution >= 4 is 17.8 Å². The molecule has 2 aromatic heterocycles. The van der Waals surface area contributed by atoms with Gasteiger partial charge in [-0.2, -0.15) is 18.2 Å². The fourth-order valence-electron chi connectivity index (χ4n) is 4.43. The fraction of sp³-hybridized carbons (Fsp3) is 0.375. The van der Waals surface area contributed by atoms with Gasteiger partial charge in [0.15, 0.2) is 17.5 Å². The van der Waals surface area contributed by atoms with E-state index in [0.717, 1.165) is 5.56 Å². The van der Waals surface area contributed by atoms with E-state index in [1.165, 1.54) is 23.3 Å². The summed E-state index contributed by atoms with van der Waals surface area (Å²) in [6.07, 6.45) is -2.37. The van der Waals surface area contributed by atoms with Crippen molar-refractivity contribution in [2.45, 2.75) is 38.2 Å². The van der Waals surface area contributed by atoms with Gasteiger partial charge in [0.2, 0.25) is 5.91 Å². The molecule has 0 aliphatic carbocycles. The van der Waals surface area contributed by atoms with Crippen LogP contribution in [0, 0.1) is 5.92 Å². The normalized spacial score (nSPS) is 19.5. The summed E-state index contributed by atoms with van der Waals surface area (Å²) in [5.41, 5.74) is 7.15. The average Bonchev–Trinajstić information content (AvgIpc) is 3.67. The molecule has 0 radical (unpaired) electrons. The van der Waals surface area contributed by atoms with Crippen LogP contribution in [0.5, 0.6) is 6.01 Å². The number of carbonyl (C=O) groups excluding carboxylic acids is 3. The van der Waals surface area contributed by atoms with Crippen molar-refractivity contribution in [3.05, 3.63) is 65.4 Å². The number of furan rings is 1. The van der Waals surface area contributed by atoms with Crippen molar-refractivity contribution in [3.8, 4) is 6.01 Å². The quantitative estimate of drug-likeness (QED) is 0.479. The number of hydrogen-bond donors (Lipinski definition) is 1. The van der Waals surface area contributed by atoms with Crippen LogP contribution < -0.4 is 10.5 Å². The summed E-state index contributed by atoms with van der Waals surface area (Å²) in [4.78, 5) is 44.4. The summed E-state index contributed by atoms with van der Waals surface area (Å²) < 4.78 is 53.0. The van der Waals surface area contributed by atoms with Gasteiger partial charge in [0.1, 0.15) is 12.6 Å². The van der Waals surface area contributed by atoms with E-state index < -0.39 is 47.8 Å². The molecule has 3 amide bonds. The van der Waals surface area contributed by atoms with Gasteiger partial charge in [-0.25, -0.2) is 4.79 Å². The molecule has 14 heteroatoms. The minimum atomic E-state index is -4.97. The smallest absolute Gasteiger partial charge is 0.403 e. The Balaban J connectivity index is 1.50. The molecule has 2 N–H and O–H groups in total. The second kappa shape index (κ2) is 9.93. The number of hydrogen-bond acceptors (Lipinski definition) is 8. The largest absolute Gasteiger partial charge is 0.459 e. The minimum absolute atomic E-state index is 0.100. The molecule has 2 aliphatic rings. The minimum Gasteiger partial charge on any atom is -0.459 e. The van der Waals surface area contributed by atoms with E-state index >= 15 is 0 Å². The summed E-state index contributed by atoms with van der Waals surface area (Å²) in [5, 5.41) is 3.98. The second-order valence-electron chi connectivity index (χ2n) is 8.91. The van der Waals surface area contributed by atoms with Gasteiger partial charge in [-0.15, -0.1) is 9.78 Å². The van der Waals surface area contributed by atoms with Crippen molar-refractivity contribution < 1.29 is 36.7 Å². The first-order valence-corrected chi connectivity index (χ1v) is 11.8. The zero-order chi connectivity index (χ0) is 27.0. The number of nitrogens with zero attached hydrogens (tertiary/aromatic N) is 5. The lowest BCUT2D eigenvalue weighted by Crippen LogP contribution is -2.64. The van der Waals surface area contributed by atoms with Gasteiger partial charge in [-0.3, -0.25) is 14.5 Å². The van der Waals surface area contributed by atoms with Crippen LogP contribution in [-0.2, 0) is 17.9 Å². The van der Waals surface area contributed by atoms with Crippen LogP contribution in [-0.4, -0.2) is 61.7 Å². The van der Waals surface area contributed by atoms with Crippen LogP contribution in [0.25, 0.3) is 0 Å². The molecule has 11 nitrogen and oxygen atoms in total. The molecular weight excluding hydrogens is 509 g/mol. The number of ether oxygens (including phenoxy) is 1. The van der Waals surface area contributed by atoms with Gasteiger partial charge < -0.3 is 19.8 Å². The number of rotatable bonds is 6. The van der Waals surface area contributed by atoms with E-state index in [-0.39, 0.29) is 12.4 Å². The third kappa shape index (κ3) is 4.62. The standard InChI is InChI=1S/C24H23F3N6O5/c25-24(26,27)17-18(32(21(17)35)23(36)31-9-1-2-10-31)19-29-22(33(30-19)20(34)16-4-3-11-37-16)38-13-15-7-5-14(12-28)6-8-15/h3-8,11,17-18H,1-2,9-10,12-13,28H2. The van der Waals surface area contributed by atoms with Crippen LogP contribution in [0.4, 0.5) is 18.0 Å². The van der Waals surface area contributed by atoms with Gasteiger partial charge in [0.05, 0.1) is 6.26 Å². The number of likely N-dealkylation sites (tertiary alicyclic amines) is 2. The summed E-state index contributed by atoms with van der Waals surface area (Å²) in [6, 6.07) is 6.69. The zero-order valence-corrected chi connectivity index (χ0v) is 19.9. The number of nitrogens with two attached hydrogens (primary N) is 1. The van der Waals surface area contributed by atoms with E-state index in [1.807, 2.05) is 0 Å². The van der Waals surface area contributed by atoms with Gasteiger partial charge in [-0.05, 0) is 36.1 Å². The Morgan fingerprint density at radius 3 is 2.39 bits per heavy atom. The highest BCUT2D eigenvalue weighted by Crippen LogP contribution is 2.48. The highest BCUT2D eigenvalue weighted by molar-refractivity contribution is 6.02.